The predicted octanol–water partition coefficient (Wildman–Crippen LogP) is 5.79. The van der Waals surface area contributed by atoms with E-state index in [4.69, 9.17) is 30.5 Å². The van der Waals surface area contributed by atoms with Gasteiger partial charge in [-0.3, -0.25) is 4.79 Å². The Bertz CT molecular complexity index is 1000. The van der Waals surface area contributed by atoms with Gasteiger partial charge in [-0.05, 0) is 30.2 Å². The number of rotatable bonds is 8. The van der Waals surface area contributed by atoms with Crippen molar-refractivity contribution in [3.8, 4) is 23.0 Å². The van der Waals surface area contributed by atoms with Gasteiger partial charge < -0.3 is 18.9 Å². The Morgan fingerprint density at radius 1 is 0.897 bits per heavy atom. The third kappa shape index (κ3) is 4.57. The van der Waals surface area contributed by atoms with E-state index in [2.05, 4.69) is 0 Å². The van der Waals surface area contributed by atoms with E-state index in [-0.39, 0.29) is 5.97 Å². The molecule has 0 bridgehead atoms. The molecule has 5 nitrogen and oxygen atoms in total. The lowest BCUT2D eigenvalue weighted by Gasteiger charge is -2.20. The average Bonchev–Trinajstić information content (AvgIpc) is 2.73. The molecular weight excluding hydrogens is 392 g/mol. The van der Waals surface area contributed by atoms with Crippen molar-refractivity contribution in [2.24, 2.45) is 0 Å². The van der Waals surface area contributed by atoms with Crippen molar-refractivity contribution in [3.05, 3.63) is 59.1 Å². The van der Waals surface area contributed by atoms with Crippen LogP contribution < -0.4 is 18.9 Å². The zero-order valence-electron chi connectivity index (χ0n) is 16.7. The molecule has 29 heavy (non-hydrogen) atoms. The smallest absolute Gasteiger partial charge is 0.311 e. The molecular formula is C23H23ClO5. The number of halogens is 1. The lowest BCUT2D eigenvalue weighted by Crippen LogP contribution is -2.09. The monoisotopic (exact) mass is 414 g/mol. The van der Waals surface area contributed by atoms with E-state index in [0.717, 1.165) is 5.56 Å². The molecule has 0 N–H and O–H groups in total. The van der Waals surface area contributed by atoms with Crippen molar-refractivity contribution in [2.45, 2.75) is 26.4 Å². The molecule has 0 spiro atoms. The van der Waals surface area contributed by atoms with Crippen LogP contribution in [-0.4, -0.2) is 20.2 Å². The van der Waals surface area contributed by atoms with Crippen LogP contribution in [0.25, 0.3) is 10.8 Å². The first kappa shape index (κ1) is 20.8. The van der Waals surface area contributed by atoms with Crippen LogP contribution in [0.5, 0.6) is 23.0 Å². The Labute approximate surface area is 175 Å². The molecule has 0 amide bonds. The number of hydrogen-bond donors (Lipinski definition) is 0. The van der Waals surface area contributed by atoms with E-state index in [0.29, 0.717) is 58.2 Å². The van der Waals surface area contributed by atoms with Crippen LogP contribution in [0, 0.1) is 0 Å². The molecule has 0 heterocycles. The Hall–Kier alpha value is -2.92. The number of carbonyl (C=O) groups excluding carboxylic acids is 1. The highest BCUT2D eigenvalue weighted by Gasteiger charge is 2.25. The lowest BCUT2D eigenvalue weighted by molar-refractivity contribution is -0.134. The normalized spacial score (nSPS) is 10.6. The quantitative estimate of drug-likeness (QED) is 0.344. The first-order chi connectivity index (χ1) is 14.1. The molecule has 0 atom stereocenters. The SMILES string of the molecule is CCCC(=O)Oc1c(OC)c(OC)c(OCc2ccccc2)c2cc(Cl)ccc12. The van der Waals surface area contributed by atoms with Gasteiger partial charge in [-0.25, -0.2) is 0 Å². The average molecular weight is 415 g/mol. The van der Waals surface area contributed by atoms with Crippen LogP contribution >= 0.6 is 11.6 Å². The van der Waals surface area contributed by atoms with Crippen molar-refractivity contribution in [2.75, 3.05) is 14.2 Å². The van der Waals surface area contributed by atoms with E-state index in [1.54, 1.807) is 18.2 Å². The maximum absolute atomic E-state index is 12.2. The Kier molecular flexibility index (Phi) is 6.83. The second-order valence-corrected chi connectivity index (χ2v) is 6.85. The predicted molar refractivity (Wildman–Crippen MR) is 113 cm³/mol. The summed E-state index contributed by atoms with van der Waals surface area (Å²) in [5.41, 5.74) is 1.00. The molecule has 3 rings (SSSR count). The van der Waals surface area contributed by atoms with E-state index < -0.39 is 0 Å². The topological polar surface area (TPSA) is 54.0 Å². The summed E-state index contributed by atoms with van der Waals surface area (Å²) < 4.78 is 22.9. The standard InChI is InChI=1S/C23H23ClO5/c1-4-8-19(25)29-21-17-12-11-16(24)13-18(17)20(22(26-2)23(21)27-3)28-14-15-9-6-5-7-10-15/h5-7,9-13H,4,8,14H2,1-3H3. The van der Waals surface area contributed by atoms with E-state index in [1.807, 2.05) is 37.3 Å². The maximum atomic E-state index is 12.2. The Balaban J connectivity index is 2.16. The third-order valence-corrected chi connectivity index (χ3v) is 4.63. The van der Waals surface area contributed by atoms with Crippen molar-refractivity contribution < 1.29 is 23.7 Å². The maximum Gasteiger partial charge on any atom is 0.311 e. The zero-order chi connectivity index (χ0) is 20.8. The minimum atomic E-state index is -0.345. The van der Waals surface area contributed by atoms with Crippen LogP contribution in [0.4, 0.5) is 0 Å². The van der Waals surface area contributed by atoms with Crippen molar-refractivity contribution in [3.63, 3.8) is 0 Å². The summed E-state index contributed by atoms with van der Waals surface area (Å²) in [5, 5.41) is 1.85. The number of methoxy groups -OCH3 is 2. The fourth-order valence-corrected chi connectivity index (χ4v) is 3.24. The van der Waals surface area contributed by atoms with Crippen molar-refractivity contribution >= 4 is 28.3 Å². The highest BCUT2D eigenvalue weighted by atomic mass is 35.5. The second kappa shape index (κ2) is 9.52. The molecule has 152 valence electrons. The fourth-order valence-electron chi connectivity index (χ4n) is 3.07. The molecule has 0 aromatic heterocycles. The highest BCUT2D eigenvalue weighted by molar-refractivity contribution is 6.31. The van der Waals surface area contributed by atoms with Crippen molar-refractivity contribution in [1.82, 2.24) is 0 Å². The zero-order valence-corrected chi connectivity index (χ0v) is 17.4. The van der Waals surface area contributed by atoms with E-state index in [1.165, 1.54) is 14.2 Å². The molecule has 0 fully saturated rings. The summed E-state index contributed by atoms with van der Waals surface area (Å²) in [6.07, 6.45) is 0.979. The fraction of sp³-hybridized carbons (Fsp3) is 0.261. The molecule has 0 aliphatic heterocycles. The minimum Gasteiger partial charge on any atom is -0.490 e. The van der Waals surface area contributed by atoms with Gasteiger partial charge >= 0.3 is 5.97 Å². The first-order valence-electron chi connectivity index (χ1n) is 9.33. The molecule has 0 aliphatic rings. The van der Waals surface area contributed by atoms with Crippen LogP contribution in [0.2, 0.25) is 5.02 Å². The van der Waals surface area contributed by atoms with Gasteiger partial charge in [-0.2, -0.15) is 0 Å². The van der Waals surface area contributed by atoms with Gasteiger partial charge in [0.15, 0.2) is 11.5 Å². The summed E-state index contributed by atoms with van der Waals surface area (Å²) in [4.78, 5) is 12.2. The highest BCUT2D eigenvalue weighted by Crippen LogP contribution is 2.51. The molecule has 3 aromatic carbocycles. The molecule has 0 saturated heterocycles. The van der Waals surface area contributed by atoms with Gasteiger partial charge in [0.05, 0.1) is 14.2 Å². The molecule has 0 radical (unpaired) electrons. The second-order valence-electron chi connectivity index (χ2n) is 6.41. The third-order valence-electron chi connectivity index (χ3n) is 4.39. The van der Waals surface area contributed by atoms with Gasteiger partial charge in [0, 0.05) is 22.2 Å². The minimum absolute atomic E-state index is 0.293. The van der Waals surface area contributed by atoms with Gasteiger partial charge in [-0.1, -0.05) is 48.9 Å². The summed E-state index contributed by atoms with van der Waals surface area (Å²) in [5.74, 6) is 1.07. The van der Waals surface area contributed by atoms with Gasteiger partial charge in [0.1, 0.15) is 6.61 Å². The molecule has 0 unspecified atom stereocenters. The number of hydrogen-bond acceptors (Lipinski definition) is 5. The van der Waals surface area contributed by atoms with E-state index in [9.17, 15) is 4.79 Å². The lowest BCUT2D eigenvalue weighted by atomic mass is 10.1. The summed E-state index contributed by atoms with van der Waals surface area (Å²) in [7, 11) is 3.01. The van der Waals surface area contributed by atoms with Crippen LogP contribution in [0.15, 0.2) is 48.5 Å². The molecule has 3 aromatic rings. The van der Waals surface area contributed by atoms with E-state index >= 15 is 0 Å². The Morgan fingerprint density at radius 2 is 1.59 bits per heavy atom. The molecule has 0 aliphatic carbocycles. The number of ether oxygens (including phenoxy) is 4. The molecule has 0 saturated carbocycles. The van der Waals surface area contributed by atoms with Crippen LogP contribution in [0.3, 0.4) is 0 Å². The largest absolute Gasteiger partial charge is 0.490 e. The summed E-state index contributed by atoms with van der Waals surface area (Å²) in [6, 6.07) is 15.1. The van der Waals surface area contributed by atoms with Gasteiger partial charge in [-0.15, -0.1) is 0 Å². The number of esters is 1. The summed E-state index contributed by atoms with van der Waals surface area (Å²) in [6.45, 7) is 2.24. The van der Waals surface area contributed by atoms with Crippen LogP contribution in [0.1, 0.15) is 25.3 Å². The Morgan fingerprint density at radius 3 is 2.24 bits per heavy atom. The van der Waals surface area contributed by atoms with Crippen LogP contribution in [-0.2, 0) is 11.4 Å². The molecule has 6 heteroatoms. The number of fused-ring (bicyclic) bond motifs is 1. The number of benzene rings is 3. The van der Waals surface area contributed by atoms with Crippen molar-refractivity contribution in [1.29, 1.82) is 0 Å². The first-order valence-corrected chi connectivity index (χ1v) is 9.71. The number of carbonyl (C=O) groups is 1. The van der Waals surface area contributed by atoms with Gasteiger partial charge in [0.25, 0.3) is 0 Å². The summed E-state index contributed by atoms with van der Waals surface area (Å²) >= 11 is 6.25. The van der Waals surface area contributed by atoms with Gasteiger partial charge in [0.2, 0.25) is 11.5 Å².